The van der Waals surface area contributed by atoms with Crippen LogP contribution in [0.2, 0.25) is 0 Å². The predicted molar refractivity (Wildman–Crippen MR) is 117 cm³/mol. The molecule has 0 bridgehead atoms. The molecule has 1 saturated carbocycles. The largest absolute Gasteiger partial charge is 0.356 e. The van der Waals surface area contributed by atoms with Gasteiger partial charge in [-0.05, 0) is 77.8 Å². The SMILES string of the molecule is CN=C(NCCCCN(C)C(C)C)NC1CCC(C(C)C)CC1.I. The van der Waals surface area contributed by atoms with Crippen molar-refractivity contribution >= 4 is 29.9 Å². The van der Waals surface area contributed by atoms with E-state index in [2.05, 4.69) is 55.3 Å². The lowest BCUT2D eigenvalue weighted by Gasteiger charge is -2.32. The minimum absolute atomic E-state index is 0. The third-order valence-electron chi connectivity index (χ3n) is 5.39. The van der Waals surface area contributed by atoms with E-state index in [1.807, 2.05) is 7.05 Å². The Labute approximate surface area is 167 Å². The third kappa shape index (κ3) is 9.44. The molecule has 0 aromatic carbocycles. The van der Waals surface area contributed by atoms with Crippen LogP contribution in [0.3, 0.4) is 0 Å². The van der Waals surface area contributed by atoms with Crippen LogP contribution < -0.4 is 10.6 Å². The van der Waals surface area contributed by atoms with Crippen LogP contribution in [0.15, 0.2) is 4.99 Å². The number of hydrogen-bond donors (Lipinski definition) is 2. The van der Waals surface area contributed by atoms with E-state index < -0.39 is 0 Å². The number of nitrogens with zero attached hydrogens (tertiary/aromatic N) is 2. The highest BCUT2D eigenvalue weighted by atomic mass is 127. The smallest absolute Gasteiger partial charge is 0.191 e. The van der Waals surface area contributed by atoms with Gasteiger partial charge in [-0.15, -0.1) is 24.0 Å². The molecule has 1 rings (SSSR count). The average Bonchev–Trinajstić information content (AvgIpc) is 2.53. The lowest BCUT2D eigenvalue weighted by atomic mass is 9.80. The zero-order valence-electron chi connectivity index (χ0n) is 16.8. The Balaban J connectivity index is 0.00000529. The van der Waals surface area contributed by atoms with Gasteiger partial charge in [-0.1, -0.05) is 13.8 Å². The molecule has 0 amide bonds. The minimum atomic E-state index is 0. The van der Waals surface area contributed by atoms with Crippen LogP contribution in [0.1, 0.15) is 66.2 Å². The van der Waals surface area contributed by atoms with Gasteiger partial charge < -0.3 is 15.5 Å². The molecule has 0 radical (unpaired) electrons. The number of nitrogens with one attached hydrogen (secondary N) is 2. The monoisotopic (exact) mass is 452 g/mol. The quantitative estimate of drug-likeness (QED) is 0.252. The number of hydrogen-bond acceptors (Lipinski definition) is 2. The molecule has 1 aliphatic carbocycles. The number of guanidine groups is 1. The van der Waals surface area contributed by atoms with Gasteiger partial charge in [0.25, 0.3) is 0 Å². The van der Waals surface area contributed by atoms with E-state index in [1.54, 1.807) is 0 Å². The van der Waals surface area contributed by atoms with Gasteiger partial charge in [-0.2, -0.15) is 0 Å². The average molecular weight is 452 g/mol. The summed E-state index contributed by atoms with van der Waals surface area (Å²) in [5, 5.41) is 7.09. The normalized spacial score (nSPS) is 22.0. The number of unbranched alkanes of at least 4 members (excludes halogenated alkanes) is 1. The maximum absolute atomic E-state index is 4.38. The van der Waals surface area contributed by atoms with Gasteiger partial charge in [0.1, 0.15) is 0 Å². The molecule has 0 aromatic heterocycles. The molecule has 24 heavy (non-hydrogen) atoms. The first-order valence-electron chi connectivity index (χ1n) is 9.61. The van der Waals surface area contributed by atoms with Crippen LogP contribution in [0.25, 0.3) is 0 Å². The van der Waals surface area contributed by atoms with Crippen molar-refractivity contribution < 1.29 is 0 Å². The molecular weight excluding hydrogens is 411 g/mol. The Bertz CT molecular complexity index is 336. The van der Waals surface area contributed by atoms with E-state index >= 15 is 0 Å². The lowest BCUT2D eigenvalue weighted by molar-refractivity contribution is 0.250. The fourth-order valence-electron chi connectivity index (χ4n) is 3.27. The van der Waals surface area contributed by atoms with Crippen molar-refractivity contribution in [1.29, 1.82) is 0 Å². The second-order valence-electron chi connectivity index (χ2n) is 7.78. The highest BCUT2D eigenvalue weighted by Crippen LogP contribution is 2.29. The van der Waals surface area contributed by atoms with Crippen LogP contribution in [-0.4, -0.2) is 50.1 Å². The first kappa shape index (κ1) is 24.0. The third-order valence-corrected chi connectivity index (χ3v) is 5.39. The van der Waals surface area contributed by atoms with E-state index in [9.17, 15) is 0 Å². The van der Waals surface area contributed by atoms with E-state index in [-0.39, 0.29) is 24.0 Å². The van der Waals surface area contributed by atoms with Crippen molar-refractivity contribution in [3.05, 3.63) is 0 Å². The van der Waals surface area contributed by atoms with Gasteiger partial charge in [0.15, 0.2) is 5.96 Å². The zero-order chi connectivity index (χ0) is 17.2. The Hall–Kier alpha value is -0.0400. The Morgan fingerprint density at radius 3 is 2.21 bits per heavy atom. The van der Waals surface area contributed by atoms with Crippen molar-refractivity contribution in [2.45, 2.75) is 78.3 Å². The van der Waals surface area contributed by atoms with Gasteiger partial charge >= 0.3 is 0 Å². The molecule has 0 aromatic rings. The first-order chi connectivity index (χ1) is 10.9. The molecule has 0 atom stereocenters. The van der Waals surface area contributed by atoms with Crippen LogP contribution in [0.5, 0.6) is 0 Å². The summed E-state index contributed by atoms with van der Waals surface area (Å²) in [5.41, 5.74) is 0. The summed E-state index contributed by atoms with van der Waals surface area (Å²) in [6.07, 6.45) is 7.70. The molecule has 0 spiro atoms. The second kappa shape index (κ2) is 13.2. The summed E-state index contributed by atoms with van der Waals surface area (Å²) < 4.78 is 0. The van der Waals surface area contributed by atoms with Gasteiger partial charge in [0.05, 0.1) is 0 Å². The lowest BCUT2D eigenvalue weighted by Crippen LogP contribution is -2.45. The zero-order valence-corrected chi connectivity index (χ0v) is 19.1. The van der Waals surface area contributed by atoms with E-state index in [4.69, 9.17) is 0 Å². The van der Waals surface area contributed by atoms with Gasteiger partial charge in [0.2, 0.25) is 0 Å². The maximum Gasteiger partial charge on any atom is 0.191 e. The molecule has 0 unspecified atom stereocenters. The van der Waals surface area contributed by atoms with Crippen LogP contribution in [0, 0.1) is 11.8 Å². The summed E-state index contributed by atoms with van der Waals surface area (Å²) in [7, 11) is 4.08. The van der Waals surface area contributed by atoms with Crippen LogP contribution >= 0.6 is 24.0 Å². The van der Waals surface area contributed by atoms with Crippen molar-refractivity contribution in [2.24, 2.45) is 16.8 Å². The summed E-state index contributed by atoms with van der Waals surface area (Å²) in [4.78, 5) is 6.78. The molecule has 0 saturated heterocycles. The standard InChI is InChI=1S/C19H40N4.HI/c1-15(2)17-9-11-18(12-10-17)22-19(20-5)21-13-7-8-14-23(6)16(3)4;/h15-18H,7-14H2,1-6H3,(H2,20,21,22);1H. The molecule has 4 nitrogen and oxygen atoms in total. The minimum Gasteiger partial charge on any atom is -0.356 e. The van der Waals surface area contributed by atoms with Gasteiger partial charge in [-0.3, -0.25) is 4.99 Å². The first-order valence-corrected chi connectivity index (χ1v) is 9.61. The number of aliphatic imine (C=N–C) groups is 1. The van der Waals surface area contributed by atoms with Crippen LogP contribution in [-0.2, 0) is 0 Å². The summed E-state index contributed by atoms with van der Waals surface area (Å²) in [6, 6.07) is 1.24. The van der Waals surface area contributed by atoms with Gasteiger partial charge in [-0.25, -0.2) is 0 Å². The Kier molecular flexibility index (Phi) is 13.2. The highest BCUT2D eigenvalue weighted by molar-refractivity contribution is 14.0. The summed E-state index contributed by atoms with van der Waals surface area (Å²) in [6.45, 7) is 11.4. The van der Waals surface area contributed by atoms with Crippen molar-refractivity contribution in [2.75, 3.05) is 27.2 Å². The molecule has 0 heterocycles. The number of halogens is 1. The molecule has 5 heteroatoms. The highest BCUT2D eigenvalue weighted by Gasteiger charge is 2.23. The second-order valence-corrected chi connectivity index (χ2v) is 7.78. The molecule has 0 aliphatic heterocycles. The van der Waals surface area contributed by atoms with Crippen molar-refractivity contribution in [1.82, 2.24) is 15.5 Å². The molecule has 1 aliphatic rings. The maximum atomic E-state index is 4.38. The van der Waals surface area contributed by atoms with E-state index in [0.717, 1.165) is 24.3 Å². The van der Waals surface area contributed by atoms with Crippen LogP contribution in [0.4, 0.5) is 0 Å². The summed E-state index contributed by atoms with van der Waals surface area (Å²) in [5.74, 6) is 2.73. The van der Waals surface area contributed by atoms with Crippen molar-refractivity contribution in [3.8, 4) is 0 Å². The number of rotatable bonds is 8. The molecular formula is C19H41IN4. The Morgan fingerprint density at radius 1 is 1.08 bits per heavy atom. The molecule has 144 valence electrons. The molecule has 1 fully saturated rings. The van der Waals surface area contributed by atoms with E-state index in [0.29, 0.717) is 12.1 Å². The molecule has 2 N–H and O–H groups in total. The fraction of sp³-hybridized carbons (Fsp3) is 0.947. The summed E-state index contributed by atoms with van der Waals surface area (Å²) >= 11 is 0. The topological polar surface area (TPSA) is 39.7 Å². The fourth-order valence-corrected chi connectivity index (χ4v) is 3.27. The predicted octanol–water partition coefficient (Wildman–Crippen LogP) is 4.10. The van der Waals surface area contributed by atoms with Gasteiger partial charge in [0, 0.05) is 25.7 Å². The van der Waals surface area contributed by atoms with E-state index in [1.165, 1.54) is 45.1 Å². The van der Waals surface area contributed by atoms with Crippen molar-refractivity contribution in [3.63, 3.8) is 0 Å². The Morgan fingerprint density at radius 2 is 1.71 bits per heavy atom.